The summed E-state index contributed by atoms with van der Waals surface area (Å²) >= 11 is 1.87. The number of imidazole rings is 1. The van der Waals surface area contributed by atoms with E-state index in [9.17, 15) is 0 Å². The minimum absolute atomic E-state index is 1.01. The van der Waals surface area contributed by atoms with Crippen LogP contribution in [0.1, 0.15) is 5.82 Å². The number of hydrogen-bond acceptors (Lipinski definition) is 3. The van der Waals surface area contributed by atoms with Gasteiger partial charge in [0.1, 0.15) is 5.82 Å². The third kappa shape index (κ3) is 3.83. The van der Waals surface area contributed by atoms with Gasteiger partial charge in [0.25, 0.3) is 0 Å². The van der Waals surface area contributed by atoms with E-state index >= 15 is 0 Å². The molecule has 0 bridgehead atoms. The van der Waals surface area contributed by atoms with E-state index in [2.05, 4.69) is 21.1 Å². The fraction of sp³-hybridized carbons (Fsp3) is 0.667. The average Bonchev–Trinajstić information content (AvgIpc) is 2.52. The molecule has 1 heterocycles. The number of nitrogens with one attached hydrogen (secondary N) is 1. The molecule has 1 aromatic heterocycles. The van der Waals surface area contributed by atoms with Crippen molar-refractivity contribution in [2.75, 3.05) is 25.1 Å². The largest absolute Gasteiger partial charge is 0.334 e. The normalized spacial score (nSPS) is 10.6. The summed E-state index contributed by atoms with van der Waals surface area (Å²) in [5.74, 6) is 2.27. The zero-order valence-electron chi connectivity index (χ0n) is 8.29. The first-order valence-electron chi connectivity index (χ1n) is 4.52. The van der Waals surface area contributed by atoms with Crippen molar-refractivity contribution in [1.29, 1.82) is 0 Å². The highest BCUT2D eigenvalue weighted by Crippen LogP contribution is 1.93. The number of aromatic nitrogens is 2. The molecule has 0 aromatic carbocycles. The van der Waals surface area contributed by atoms with Crippen molar-refractivity contribution >= 4 is 11.8 Å². The van der Waals surface area contributed by atoms with Crippen molar-refractivity contribution in [3.8, 4) is 0 Å². The molecule has 0 aliphatic rings. The highest BCUT2D eigenvalue weighted by Gasteiger charge is 1.94. The molecule has 0 atom stereocenters. The van der Waals surface area contributed by atoms with Crippen molar-refractivity contribution < 1.29 is 0 Å². The van der Waals surface area contributed by atoms with Gasteiger partial charge in [0.2, 0.25) is 0 Å². The second kappa shape index (κ2) is 6.05. The molecule has 74 valence electrons. The van der Waals surface area contributed by atoms with E-state index < -0.39 is 0 Å². The quantitative estimate of drug-likeness (QED) is 0.697. The minimum atomic E-state index is 1.01. The molecule has 3 nitrogen and oxygen atoms in total. The van der Waals surface area contributed by atoms with Crippen molar-refractivity contribution in [1.82, 2.24) is 14.9 Å². The summed E-state index contributed by atoms with van der Waals surface area (Å²) in [4.78, 5) is 4.16. The predicted octanol–water partition coefficient (Wildman–Crippen LogP) is 1.14. The summed E-state index contributed by atoms with van der Waals surface area (Å²) in [6, 6.07) is 0. The first kappa shape index (κ1) is 10.6. The Bertz CT molecular complexity index is 235. The lowest BCUT2D eigenvalue weighted by atomic mass is 10.5. The van der Waals surface area contributed by atoms with Gasteiger partial charge in [-0.15, -0.1) is 0 Å². The Hall–Kier alpha value is -0.480. The highest BCUT2D eigenvalue weighted by molar-refractivity contribution is 7.98. The van der Waals surface area contributed by atoms with Crippen molar-refractivity contribution in [3.63, 3.8) is 0 Å². The molecule has 0 saturated heterocycles. The van der Waals surface area contributed by atoms with E-state index in [-0.39, 0.29) is 0 Å². The molecular formula is C9H17N3S. The van der Waals surface area contributed by atoms with Gasteiger partial charge >= 0.3 is 0 Å². The lowest BCUT2D eigenvalue weighted by Crippen LogP contribution is -2.22. The van der Waals surface area contributed by atoms with Crippen LogP contribution in [0.5, 0.6) is 0 Å². The molecule has 0 fully saturated rings. The van der Waals surface area contributed by atoms with Crippen molar-refractivity contribution in [3.05, 3.63) is 18.2 Å². The van der Waals surface area contributed by atoms with E-state index in [4.69, 9.17) is 0 Å². The van der Waals surface area contributed by atoms with Gasteiger partial charge in [0, 0.05) is 37.8 Å². The Labute approximate surface area is 83.9 Å². The first-order valence-corrected chi connectivity index (χ1v) is 5.91. The monoisotopic (exact) mass is 199 g/mol. The molecule has 1 N–H and O–H groups in total. The van der Waals surface area contributed by atoms with Crippen LogP contribution in [-0.2, 0) is 6.54 Å². The predicted molar refractivity (Wildman–Crippen MR) is 58.2 cm³/mol. The first-order chi connectivity index (χ1) is 6.34. The molecule has 0 saturated carbocycles. The van der Waals surface area contributed by atoms with E-state index in [0.29, 0.717) is 0 Å². The molecule has 1 rings (SSSR count). The molecule has 0 aliphatic carbocycles. The topological polar surface area (TPSA) is 29.9 Å². The van der Waals surface area contributed by atoms with Gasteiger partial charge in [-0.25, -0.2) is 4.98 Å². The maximum Gasteiger partial charge on any atom is 0.105 e. The second-order valence-electron chi connectivity index (χ2n) is 2.91. The van der Waals surface area contributed by atoms with E-state index in [0.717, 1.165) is 25.5 Å². The molecule has 0 aliphatic heterocycles. The Morgan fingerprint density at radius 1 is 1.54 bits per heavy atom. The smallest absolute Gasteiger partial charge is 0.105 e. The fourth-order valence-corrected chi connectivity index (χ4v) is 1.49. The molecule has 0 radical (unpaired) electrons. The van der Waals surface area contributed by atoms with Crippen LogP contribution in [0, 0.1) is 6.92 Å². The summed E-state index contributed by atoms with van der Waals surface area (Å²) in [6.07, 6.45) is 5.99. The van der Waals surface area contributed by atoms with E-state index in [1.807, 2.05) is 31.1 Å². The molecule has 1 aromatic rings. The van der Waals surface area contributed by atoms with E-state index in [1.54, 1.807) is 0 Å². The van der Waals surface area contributed by atoms with Crippen molar-refractivity contribution in [2.24, 2.45) is 0 Å². The molecule has 0 amide bonds. The van der Waals surface area contributed by atoms with Crippen LogP contribution in [0.25, 0.3) is 0 Å². The molecule has 4 heteroatoms. The zero-order chi connectivity index (χ0) is 9.52. The fourth-order valence-electron chi connectivity index (χ4n) is 1.14. The van der Waals surface area contributed by atoms with Crippen LogP contribution < -0.4 is 5.32 Å². The lowest BCUT2D eigenvalue weighted by Gasteiger charge is -2.05. The molecule has 0 unspecified atom stereocenters. The molecule has 13 heavy (non-hydrogen) atoms. The second-order valence-corrected chi connectivity index (χ2v) is 3.90. The lowest BCUT2D eigenvalue weighted by molar-refractivity contribution is 0.604. The summed E-state index contributed by atoms with van der Waals surface area (Å²) in [6.45, 7) is 5.16. The van der Waals surface area contributed by atoms with Gasteiger partial charge in [-0.05, 0) is 13.2 Å². The standard InChI is InChI=1S/C9H17N3S/c1-9-11-4-7-12(9)6-3-10-5-8-13-2/h4,7,10H,3,5-6,8H2,1-2H3. The van der Waals surface area contributed by atoms with Crippen LogP contribution in [0.2, 0.25) is 0 Å². The number of hydrogen-bond donors (Lipinski definition) is 1. The van der Waals surface area contributed by atoms with Gasteiger partial charge in [-0.1, -0.05) is 0 Å². The summed E-state index contributed by atoms with van der Waals surface area (Å²) in [5, 5.41) is 3.38. The average molecular weight is 199 g/mol. The Kier molecular flexibility index (Phi) is 4.93. The summed E-state index contributed by atoms with van der Waals surface area (Å²) in [7, 11) is 0. The third-order valence-corrected chi connectivity index (χ3v) is 2.55. The Balaban J connectivity index is 2.10. The minimum Gasteiger partial charge on any atom is -0.334 e. The van der Waals surface area contributed by atoms with Crippen molar-refractivity contribution in [2.45, 2.75) is 13.5 Å². The molecule has 0 spiro atoms. The van der Waals surface area contributed by atoms with Crippen LogP contribution in [0.3, 0.4) is 0 Å². The highest BCUT2D eigenvalue weighted by atomic mass is 32.2. The van der Waals surface area contributed by atoms with Crippen LogP contribution in [-0.4, -0.2) is 34.6 Å². The van der Waals surface area contributed by atoms with Gasteiger partial charge < -0.3 is 9.88 Å². The van der Waals surface area contributed by atoms with Gasteiger partial charge in [0.05, 0.1) is 0 Å². The maximum absolute atomic E-state index is 4.16. The third-order valence-electron chi connectivity index (χ3n) is 1.94. The van der Waals surface area contributed by atoms with Gasteiger partial charge in [-0.2, -0.15) is 11.8 Å². The van der Waals surface area contributed by atoms with Crippen LogP contribution in [0.15, 0.2) is 12.4 Å². The van der Waals surface area contributed by atoms with Crippen LogP contribution in [0.4, 0.5) is 0 Å². The number of nitrogens with zero attached hydrogens (tertiary/aromatic N) is 2. The molecular weight excluding hydrogens is 182 g/mol. The summed E-state index contributed by atoms with van der Waals surface area (Å²) in [5.41, 5.74) is 0. The van der Waals surface area contributed by atoms with E-state index in [1.165, 1.54) is 5.75 Å². The number of aryl methyl sites for hydroxylation is 1. The SMILES string of the molecule is CSCCNCCn1ccnc1C. The maximum atomic E-state index is 4.16. The zero-order valence-corrected chi connectivity index (χ0v) is 9.10. The van der Waals surface area contributed by atoms with Gasteiger partial charge in [0.15, 0.2) is 0 Å². The summed E-state index contributed by atoms with van der Waals surface area (Å²) < 4.78 is 2.16. The van der Waals surface area contributed by atoms with Crippen LogP contribution >= 0.6 is 11.8 Å². The number of rotatable bonds is 6. The Morgan fingerprint density at radius 2 is 2.38 bits per heavy atom. The van der Waals surface area contributed by atoms with Gasteiger partial charge in [-0.3, -0.25) is 0 Å². The Morgan fingerprint density at radius 3 is 3.00 bits per heavy atom. The number of thioether (sulfide) groups is 1.